The van der Waals surface area contributed by atoms with E-state index in [0.717, 1.165) is 5.56 Å². The Hall–Kier alpha value is -2.38. The lowest BCUT2D eigenvalue weighted by atomic mass is 10.2. The van der Waals surface area contributed by atoms with Crippen LogP contribution < -0.4 is 10.4 Å². The molecule has 0 atom stereocenters. The summed E-state index contributed by atoms with van der Waals surface area (Å²) >= 11 is 0. The van der Waals surface area contributed by atoms with Crippen LogP contribution in [-0.4, -0.2) is 30.1 Å². The Labute approximate surface area is 173 Å². The zero-order valence-electron chi connectivity index (χ0n) is 17.2. The zero-order chi connectivity index (χ0) is 20.7. The maximum absolute atomic E-state index is 8.54. The molecule has 5 nitrogen and oxygen atoms in total. The highest BCUT2D eigenvalue weighted by Crippen LogP contribution is 2.36. The van der Waals surface area contributed by atoms with Crippen LogP contribution >= 0.6 is 0 Å². The lowest BCUT2D eigenvalue weighted by Crippen LogP contribution is -2.66. The quantitative estimate of drug-likeness (QED) is 0.351. The van der Waals surface area contributed by atoms with Gasteiger partial charge in [-0.25, -0.2) is 14.9 Å². The van der Waals surface area contributed by atoms with Crippen molar-refractivity contribution < 1.29 is 14.6 Å². The first-order valence-electron chi connectivity index (χ1n) is 9.78. The number of benzene rings is 2. The van der Waals surface area contributed by atoms with Crippen LogP contribution in [-0.2, 0) is 22.3 Å². The van der Waals surface area contributed by atoms with Crippen LogP contribution in [0.1, 0.15) is 32.2 Å². The molecule has 0 bridgehead atoms. The molecular formula is C23H28N2O3Si. The van der Waals surface area contributed by atoms with Gasteiger partial charge < -0.3 is 4.43 Å². The van der Waals surface area contributed by atoms with Gasteiger partial charge in [-0.1, -0.05) is 81.4 Å². The highest BCUT2D eigenvalue weighted by atomic mass is 28.4. The van der Waals surface area contributed by atoms with Gasteiger partial charge >= 0.3 is 0 Å². The Kier molecular flexibility index (Phi) is 6.92. The van der Waals surface area contributed by atoms with Gasteiger partial charge in [-0.3, -0.25) is 5.26 Å². The van der Waals surface area contributed by atoms with Gasteiger partial charge in [-0.2, -0.15) is 0 Å². The zero-order valence-corrected chi connectivity index (χ0v) is 18.2. The topological polar surface area (TPSA) is 64.5 Å². The summed E-state index contributed by atoms with van der Waals surface area (Å²) in [5.74, 6) is 0.713. The van der Waals surface area contributed by atoms with E-state index in [-0.39, 0.29) is 11.6 Å². The predicted octanol–water partition coefficient (Wildman–Crippen LogP) is 3.59. The Morgan fingerprint density at radius 3 is 1.83 bits per heavy atom. The van der Waals surface area contributed by atoms with Crippen LogP contribution in [0.3, 0.4) is 0 Å². The predicted molar refractivity (Wildman–Crippen MR) is 117 cm³/mol. The Bertz CT molecular complexity index is 842. The normalized spacial score (nSPS) is 12.1. The molecular weight excluding hydrogens is 380 g/mol. The van der Waals surface area contributed by atoms with Crippen molar-refractivity contribution in [3.63, 3.8) is 0 Å². The molecule has 0 saturated carbocycles. The van der Waals surface area contributed by atoms with E-state index in [9.17, 15) is 0 Å². The Balaban J connectivity index is 1.89. The molecule has 1 heterocycles. The van der Waals surface area contributed by atoms with E-state index in [1.54, 1.807) is 12.4 Å². The number of hydrogen-bond donors (Lipinski definition) is 1. The minimum atomic E-state index is -2.54. The second-order valence-corrected chi connectivity index (χ2v) is 12.3. The number of nitrogens with zero attached hydrogens (tertiary/aromatic N) is 2. The van der Waals surface area contributed by atoms with Crippen molar-refractivity contribution in [2.45, 2.75) is 38.8 Å². The third-order valence-electron chi connectivity index (χ3n) is 5.05. The number of rotatable bonds is 8. The standard InChI is InChI=1S/C23H28N2O3Si/c1-23(2,3)29(20-10-6-4-7-11-20,21-12-8-5-9-13-21)28-15-14-22-24-16-19(17-25-22)18-27-26/h4-13,16-17,26H,14-15,18H2,1-3H3. The van der Waals surface area contributed by atoms with Crippen LogP contribution in [0.2, 0.25) is 5.04 Å². The molecule has 3 rings (SSSR count). The maximum atomic E-state index is 8.54. The first-order chi connectivity index (χ1) is 14.0. The second kappa shape index (κ2) is 9.41. The maximum Gasteiger partial charge on any atom is 0.261 e. The molecule has 0 amide bonds. The van der Waals surface area contributed by atoms with Crippen molar-refractivity contribution in [1.82, 2.24) is 9.97 Å². The summed E-state index contributed by atoms with van der Waals surface area (Å²) in [5.41, 5.74) is 0.726. The molecule has 29 heavy (non-hydrogen) atoms. The van der Waals surface area contributed by atoms with E-state index >= 15 is 0 Å². The number of aromatic nitrogens is 2. The SMILES string of the molecule is CC(C)(C)[Si](OCCc1ncc(COO)cn1)(c1ccccc1)c1ccccc1. The monoisotopic (exact) mass is 408 g/mol. The first-order valence-corrected chi connectivity index (χ1v) is 11.7. The molecule has 0 aliphatic heterocycles. The summed E-state index contributed by atoms with van der Waals surface area (Å²) in [6.07, 6.45) is 3.95. The van der Waals surface area contributed by atoms with Crippen molar-refractivity contribution >= 4 is 18.7 Å². The molecule has 0 aliphatic rings. The average Bonchev–Trinajstić information content (AvgIpc) is 2.73. The van der Waals surface area contributed by atoms with Crippen molar-refractivity contribution in [3.05, 3.63) is 84.4 Å². The molecule has 0 spiro atoms. The van der Waals surface area contributed by atoms with Crippen LogP contribution in [0.4, 0.5) is 0 Å². The van der Waals surface area contributed by atoms with Gasteiger partial charge in [0.2, 0.25) is 0 Å². The molecule has 3 aromatic rings. The van der Waals surface area contributed by atoms with Crippen LogP contribution in [0, 0.1) is 0 Å². The van der Waals surface area contributed by atoms with E-state index in [2.05, 4.69) is 84.2 Å². The number of hydrogen-bond acceptors (Lipinski definition) is 5. The van der Waals surface area contributed by atoms with Gasteiger partial charge in [0, 0.05) is 31.0 Å². The molecule has 0 fully saturated rings. The minimum Gasteiger partial charge on any atom is -0.407 e. The smallest absolute Gasteiger partial charge is 0.261 e. The third-order valence-corrected chi connectivity index (χ3v) is 10.1. The fourth-order valence-corrected chi connectivity index (χ4v) is 8.28. The summed E-state index contributed by atoms with van der Waals surface area (Å²) in [5, 5.41) is 11.0. The molecule has 0 unspecified atom stereocenters. The van der Waals surface area contributed by atoms with Crippen molar-refractivity contribution in [2.24, 2.45) is 0 Å². The molecule has 1 N–H and O–H groups in total. The summed E-state index contributed by atoms with van der Waals surface area (Å²) in [4.78, 5) is 12.8. The van der Waals surface area contributed by atoms with Crippen molar-refractivity contribution in [1.29, 1.82) is 0 Å². The summed E-state index contributed by atoms with van der Waals surface area (Å²) in [6.45, 7) is 7.40. The summed E-state index contributed by atoms with van der Waals surface area (Å²) in [7, 11) is -2.54. The van der Waals surface area contributed by atoms with Gasteiger partial charge in [-0.15, -0.1) is 0 Å². The molecule has 0 saturated heterocycles. The molecule has 0 aliphatic carbocycles. The van der Waals surface area contributed by atoms with Gasteiger partial charge in [-0.05, 0) is 15.4 Å². The lowest BCUT2D eigenvalue weighted by Gasteiger charge is -2.43. The van der Waals surface area contributed by atoms with Gasteiger partial charge in [0.05, 0.1) is 0 Å². The fourth-order valence-electron chi connectivity index (χ4n) is 3.72. The first kappa shape index (κ1) is 21.3. The highest BCUT2D eigenvalue weighted by molar-refractivity contribution is 6.99. The van der Waals surface area contributed by atoms with Crippen LogP contribution in [0.15, 0.2) is 73.1 Å². The summed E-state index contributed by atoms with van der Waals surface area (Å²) in [6, 6.07) is 21.2. The lowest BCUT2D eigenvalue weighted by molar-refractivity contribution is -0.253. The van der Waals surface area contributed by atoms with Crippen LogP contribution in [0.25, 0.3) is 0 Å². The molecule has 152 valence electrons. The summed E-state index contributed by atoms with van der Waals surface area (Å²) < 4.78 is 6.84. The van der Waals surface area contributed by atoms with Gasteiger partial charge in [0.25, 0.3) is 8.32 Å². The molecule has 2 aromatic carbocycles. The molecule has 1 aromatic heterocycles. The van der Waals surface area contributed by atoms with Crippen molar-refractivity contribution in [3.8, 4) is 0 Å². The second-order valence-electron chi connectivity index (χ2n) is 8.04. The van der Waals surface area contributed by atoms with Crippen LogP contribution in [0.5, 0.6) is 0 Å². The Morgan fingerprint density at radius 2 is 1.38 bits per heavy atom. The van der Waals surface area contributed by atoms with E-state index in [1.165, 1.54) is 10.4 Å². The van der Waals surface area contributed by atoms with Gasteiger partial charge in [0.1, 0.15) is 12.4 Å². The van der Waals surface area contributed by atoms with E-state index in [1.807, 2.05) is 12.1 Å². The fraction of sp³-hybridized carbons (Fsp3) is 0.304. The molecule has 0 radical (unpaired) electrons. The van der Waals surface area contributed by atoms with E-state index in [4.69, 9.17) is 9.68 Å². The largest absolute Gasteiger partial charge is 0.407 e. The molecule has 6 heteroatoms. The third kappa shape index (κ3) is 4.79. The minimum absolute atomic E-state index is 0.0567. The van der Waals surface area contributed by atoms with Crippen molar-refractivity contribution in [2.75, 3.05) is 6.61 Å². The van der Waals surface area contributed by atoms with E-state index in [0.29, 0.717) is 18.9 Å². The van der Waals surface area contributed by atoms with Gasteiger partial charge in [0.15, 0.2) is 0 Å². The average molecular weight is 409 g/mol. The highest BCUT2D eigenvalue weighted by Gasteiger charge is 2.49. The van der Waals surface area contributed by atoms with E-state index < -0.39 is 8.32 Å². The Morgan fingerprint density at radius 1 is 0.862 bits per heavy atom.